The standard InChI is InChI=1S/C48H90O15/c1-3-5-7-9-11-13-14-15-16-17-18-19-20-21-23-25-27-29-31-40(51)61-36(33-58-39(50)30-28-26-24-22-12-10-8-6-4-2)34-59-47-46(57)44(55)42(53)38(63-47)35-60-48-45(56)43(54)41(52)37(32-49)62-48/h36-38,41-49,52-57H,3-35H2,1-2H3. The molecule has 0 aromatic heterocycles. The third kappa shape index (κ3) is 25.3. The van der Waals surface area contributed by atoms with Gasteiger partial charge in [-0.1, -0.05) is 174 Å². The molecule has 2 aliphatic rings. The molecule has 63 heavy (non-hydrogen) atoms. The van der Waals surface area contributed by atoms with E-state index >= 15 is 0 Å². The Kier molecular flexibility index (Phi) is 33.5. The highest BCUT2D eigenvalue weighted by Crippen LogP contribution is 2.26. The van der Waals surface area contributed by atoms with E-state index in [9.17, 15) is 45.3 Å². The van der Waals surface area contributed by atoms with Crippen molar-refractivity contribution in [1.29, 1.82) is 0 Å². The van der Waals surface area contributed by atoms with Crippen molar-refractivity contribution in [3.8, 4) is 0 Å². The summed E-state index contributed by atoms with van der Waals surface area (Å²) in [6, 6.07) is 0. The molecule has 2 saturated heterocycles. The summed E-state index contributed by atoms with van der Waals surface area (Å²) in [6.07, 6.45) is 15.8. The second kappa shape index (κ2) is 36.6. The molecule has 2 fully saturated rings. The molecule has 15 heteroatoms. The van der Waals surface area contributed by atoms with Gasteiger partial charge in [0, 0.05) is 12.8 Å². The summed E-state index contributed by atoms with van der Waals surface area (Å²) in [5, 5.41) is 71.9. The minimum Gasteiger partial charge on any atom is -0.462 e. The number of carbonyl (C=O) groups excluding carboxylic acids is 2. The lowest BCUT2D eigenvalue weighted by atomic mass is 9.98. The molecule has 2 heterocycles. The van der Waals surface area contributed by atoms with Gasteiger partial charge >= 0.3 is 11.9 Å². The molecule has 372 valence electrons. The van der Waals surface area contributed by atoms with Gasteiger partial charge < -0.3 is 64.2 Å². The SMILES string of the molecule is CCCCCCCCCCCCCCCCCCCCC(=O)OC(COC(=O)CCCCCCCCCCC)COC1OC(COC2OC(CO)C(O)C(O)C2O)C(O)C(O)C1O. The Morgan fingerprint density at radius 2 is 0.810 bits per heavy atom. The van der Waals surface area contributed by atoms with E-state index in [0.717, 1.165) is 38.5 Å². The predicted octanol–water partition coefficient (Wildman–Crippen LogP) is 6.43. The first kappa shape index (κ1) is 57.6. The van der Waals surface area contributed by atoms with E-state index in [1.807, 2.05) is 0 Å². The number of hydrogen-bond acceptors (Lipinski definition) is 15. The first-order chi connectivity index (χ1) is 30.5. The Balaban J connectivity index is 1.78. The molecule has 0 spiro atoms. The normalized spacial score (nSPS) is 26.7. The molecule has 0 aromatic carbocycles. The van der Waals surface area contributed by atoms with E-state index in [0.29, 0.717) is 12.8 Å². The molecular formula is C48H90O15. The Hall–Kier alpha value is -1.50. The molecule has 0 radical (unpaired) electrons. The first-order valence-electron chi connectivity index (χ1n) is 25.1. The number of carbonyl (C=O) groups is 2. The lowest BCUT2D eigenvalue weighted by Crippen LogP contribution is -2.61. The molecule has 7 N–H and O–H groups in total. The van der Waals surface area contributed by atoms with Crippen molar-refractivity contribution in [3.63, 3.8) is 0 Å². The van der Waals surface area contributed by atoms with Gasteiger partial charge in [0.15, 0.2) is 18.7 Å². The third-order valence-electron chi connectivity index (χ3n) is 12.3. The van der Waals surface area contributed by atoms with Crippen molar-refractivity contribution in [3.05, 3.63) is 0 Å². The number of unbranched alkanes of at least 4 members (excludes halogenated alkanes) is 25. The van der Waals surface area contributed by atoms with Crippen LogP contribution in [0.2, 0.25) is 0 Å². The maximum Gasteiger partial charge on any atom is 0.306 e. The van der Waals surface area contributed by atoms with Gasteiger partial charge in [0.25, 0.3) is 0 Å². The van der Waals surface area contributed by atoms with Crippen molar-refractivity contribution < 1.29 is 73.8 Å². The second-order valence-corrected chi connectivity index (χ2v) is 18.0. The van der Waals surface area contributed by atoms with Crippen LogP contribution in [0, 0.1) is 0 Å². The van der Waals surface area contributed by atoms with Crippen molar-refractivity contribution in [1.82, 2.24) is 0 Å². The van der Waals surface area contributed by atoms with E-state index in [2.05, 4.69) is 13.8 Å². The maximum atomic E-state index is 13.0. The fourth-order valence-corrected chi connectivity index (χ4v) is 8.16. The minimum atomic E-state index is -1.76. The van der Waals surface area contributed by atoms with Crippen LogP contribution in [0.1, 0.15) is 200 Å². The molecule has 15 nitrogen and oxygen atoms in total. The van der Waals surface area contributed by atoms with Gasteiger partial charge in [-0.25, -0.2) is 0 Å². The molecular weight excluding hydrogens is 817 g/mol. The highest BCUT2D eigenvalue weighted by Gasteiger charge is 2.47. The van der Waals surface area contributed by atoms with E-state index in [1.165, 1.54) is 122 Å². The van der Waals surface area contributed by atoms with Crippen LogP contribution in [0.5, 0.6) is 0 Å². The zero-order chi connectivity index (χ0) is 46.1. The fourth-order valence-electron chi connectivity index (χ4n) is 8.16. The molecule has 11 unspecified atom stereocenters. The van der Waals surface area contributed by atoms with E-state index in [1.54, 1.807) is 0 Å². The number of rotatable bonds is 39. The summed E-state index contributed by atoms with van der Waals surface area (Å²) in [6.45, 7) is 2.59. The van der Waals surface area contributed by atoms with Gasteiger partial charge in [-0.3, -0.25) is 9.59 Å². The van der Waals surface area contributed by atoms with Crippen LogP contribution in [0.4, 0.5) is 0 Å². The summed E-state index contributed by atoms with van der Waals surface area (Å²) in [4.78, 5) is 25.6. The monoisotopic (exact) mass is 907 g/mol. The zero-order valence-corrected chi connectivity index (χ0v) is 39.1. The van der Waals surface area contributed by atoms with Crippen LogP contribution in [0.25, 0.3) is 0 Å². The van der Waals surface area contributed by atoms with E-state index < -0.39 is 92.7 Å². The van der Waals surface area contributed by atoms with Crippen molar-refractivity contribution in [2.45, 2.75) is 268 Å². The van der Waals surface area contributed by atoms with Gasteiger partial charge in [0.2, 0.25) is 0 Å². The van der Waals surface area contributed by atoms with Crippen LogP contribution in [-0.2, 0) is 38.0 Å². The van der Waals surface area contributed by atoms with Crippen molar-refractivity contribution in [2.75, 3.05) is 26.4 Å². The smallest absolute Gasteiger partial charge is 0.306 e. The van der Waals surface area contributed by atoms with E-state index in [4.69, 9.17) is 28.4 Å². The fraction of sp³-hybridized carbons (Fsp3) is 0.958. The predicted molar refractivity (Wildman–Crippen MR) is 238 cm³/mol. The number of aliphatic hydroxyl groups is 7. The molecule has 0 amide bonds. The van der Waals surface area contributed by atoms with Gasteiger partial charge in [-0.05, 0) is 12.8 Å². The van der Waals surface area contributed by atoms with Gasteiger partial charge in [0.1, 0.15) is 55.4 Å². The van der Waals surface area contributed by atoms with Gasteiger partial charge in [0.05, 0.1) is 19.8 Å². The lowest BCUT2D eigenvalue weighted by molar-refractivity contribution is -0.332. The largest absolute Gasteiger partial charge is 0.462 e. The number of ether oxygens (including phenoxy) is 6. The van der Waals surface area contributed by atoms with Crippen LogP contribution in [0.3, 0.4) is 0 Å². The number of esters is 2. The quantitative estimate of drug-likeness (QED) is 0.0260. The summed E-state index contributed by atoms with van der Waals surface area (Å²) in [5.74, 6) is -0.915. The molecule has 0 saturated carbocycles. The Bertz CT molecular complexity index is 1110. The van der Waals surface area contributed by atoms with Gasteiger partial charge in [-0.15, -0.1) is 0 Å². The summed E-state index contributed by atoms with van der Waals surface area (Å²) in [7, 11) is 0. The Labute approximate surface area is 378 Å². The summed E-state index contributed by atoms with van der Waals surface area (Å²) < 4.78 is 33.5. The van der Waals surface area contributed by atoms with Crippen LogP contribution in [0.15, 0.2) is 0 Å². The maximum absolute atomic E-state index is 13.0. The molecule has 0 aliphatic carbocycles. The molecule has 2 aliphatic heterocycles. The van der Waals surface area contributed by atoms with Crippen LogP contribution >= 0.6 is 0 Å². The zero-order valence-electron chi connectivity index (χ0n) is 39.1. The molecule has 2 rings (SSSR count). The Morgan fingerprint density at radius 3 is 1.24 bits per heavy atom. The third-order valence-corrected chi connectivity index (χ3v) is 12.3. The van der Waals surface area contributed by atoms with Crippen LogP contribution < -0.4 is 0 Å². The highest BCUT2D eigenvalue weighted by molar-refractivity contribution is 5.70. The number of hydrogen-bond donors (Lipinski definition) is 7. The molecule has 0 aromatic rings. The topological polar surface area (TPSA) is 231 Å². The second-order valence-electron chi connectivity index (χ2n) is 18.0. The molecule has 0 bridgehead atoms. The van der Waals surface area contributed by atoms with Gasteiger partial charge in [-0.2, -0.15) is 0 Å². The van der Waals surface area contributed by atoms with Crippen LogP contribution in [-0.4, -0.2) is 142 Å². The molecule has 11 atom stereocenters. The van der Waals surface area contributed by atoms with Crippen molar-refractivity contribution >= 4 is 11.9 Å². The Morgan fingerprint density at radius 1 is 0.444 bits per heavy atom. The van der Waals surface area contributed by atoms with E-state index in [-0.39, 0.29) is 26.1 Å². The first-order valence-corrected chi connectivity index (χ1v) is 25.1. The van der Waals surface area contributed by atoms with Crippen molar-refractivity contribution in [2.24, 2.45) is 0 Å². The summed E-state index contributed by atoms with van der Waals surface area (Å²) in [5.41, 5.74) is 0. The average Bonchev–Trinajstić information content (AvgIpc) is 3.28. The lowest BCUT2D eigenvalue weighted by Gasteiger charge is -2.42. The number of aliphatic hydroxyl groups excluding tert-OH is 7. The summed E-state index contributed by atoms with van der Waals surface area (Å²) >= 11 is 0. The average molecular weight is 907 g/mol. The minimum absolute atomic E-state index is 0.173. The highest BCUT2D eigenvalue weighted by atomic mass is 16.7.